The number of nitriles is 1. The minimum Gasteiger partial charge on any atom is -0.338 e. The van der Waals surface area contributed by atoms with E-state index >= 15 is 0 Å². The zero-order chi connectivity index (χ0) is 13.2. The van der Waals surface area contributed by atoms with E-state index in [1.165, 1.54) is 0 Å². The van der Waals surface area contributed by atoms with Crippen molar-refractivity contribution < 1.29 is 0 Å². The predicted molar refractivity (Wildman–Crippen MR) is 72.9 cm³/mol. The van der Waals surface area contributed by atoms with Crippen LogP contribution >= 0.6 is 0 Å². The topological polar surface area (TPSA) is 66.5 Å². The molecule has 0 aliphatic carbocycles. The van der Waals surface area contributed by atoms with Gasteiger partial charge in [-0.2, -0.15) is 10.4 Å². The van der Waals surface area contributed by atoms with E-state index in [-0.39, 0.29) is 0 Å². The molecule has 5 heteroatoms. The van der Waals surface area contributed by atoms with Crippen LogP contribution in [0.3, 0.4) is 0 Å². The molecular weight excluding hydrogens is 238 g/mol. The summed E-state index contributed by atoms with van der Waals surface area (Å²) in [4.78, 5) is 4.49. The minimum absolute atomic E-state index is 0.608. The highest BCUT2D eigenvalue weighted by atomic mass is 15.3. The maximum atomic E-state index is 9.21. The summed E-state index contributed by atoms with van der Waals surface area (Å²) in [6.07, 6.45) is 3.56. The number of anilines is 2. The Labute approximate surface area is 110 Å². The van der Waals surface area contributed by atoms with E-state index in [9.17, 15) is 5.26 Å². The van der Waals surface area contributed by atoms with Crippen LogP contribution in [0.5, 0.6) is 0 Å². The highest BCUT2D eigenvalue weighted by molar-refractivity contribution is 5.86. The van der Waals surface area contributed by atoms with Crippen LogP contribution in [-0.4, -0.2) is 14.8 Å². The molecular formula is C14H11N5. The van der Waals surface area contributed by atoms with Gasteiger partial charge in [-0.15, -0.1) is 0 Å². The molecule has 0 fully saturated rings. The molecule has 0 amide bonds. The second kappa shape index (κ2) is 4.42. The average molecular weight is 249 g/mol. The number of benzene rings is 1. The van der Waals surface area contributed by atoms with Gasteiger partial charge in [0.25, 0.3) is 0 Å². The van der Waals surface area contributed by atoms with Crippen molar-refractivity contribution in [1.82, 2.24) is 14.8 Å². The van der Waals surface area contributed by atoms with E-state index in [4.69, 9.17) is 0 Å². The van der Waals surface area contributed by atoms with Gasteiger partial charge in [0.15, 0.2) is 0 Å². The third kappa shape index (κ3) is 2.11. The zero-order valence-corrected chi connectivity index (χ0v) is 10.3. The molecule has 0 aliphatic rings. The summed E-state index contributed by atoms with van der Waals surface area (Å²) < 4.78 is 1.70. The van der Waals surface area contributed by atoms with E-state index in [2.05, 4.69) is 21.5 Å². The quantitative estimate of drug-likeness (QED) is 0.758. The van der Waals surface area contributed by atoms with Gasteiger partial charge < -0.3 is 5.32 Å². The van der Waals surface area contributed by atoms with E-state index < -0.39 is 0 Å². The van der Waals surface area contributed by atoms with Gasteiger partial charge in [0.1, 0.15) is 5.82 Å². The summed E-state index contributed by atoms with van der Waals surface area (Å²) in [6, 6.07) is 11.5. The van der Waals surface area contributed by atoms with Crippen molar-refractivity contribution in [3.63, 3.8) is 0 Å². The van der Waals surface area contributed by atoms with Crippen LogP contribution in [0, 0.1) is 11.3 Å². The Balaban J connectivity index is 2.07. The molecule has 0 saturated heterocycles. The summed E-state index contributed by atoms with van der Waals surface area (Å²) in [5.74, 6) is 0.642. The first-order valence-corrected chi connectivity index (χ1v) is 5.82. The molecule has 0 saturated carbocycles. The molecule has 2 heterocycles. The maximum absolute atomic E-state index is 9.21. The monoisotopic (exact) mass is 249 g/mol. The summed E-state index contributed by atoms with van der Waals surface area (Å²) in [6.45, 7) is 0. The Morgan fingerprint density at radius 3 is 2.89 bits per heavy atom. The van der Waals surface area contributed by atoms with E-state index in [1.54, 1.807) is 16.9 Å². The molecule has 3 aromatic rings. The largest absolute Gasteiger partial charge is 0.338 e. The van der Waals surface area contributed by atoms with Gasteiger partial charge in [-0.1, -0.05) is 18.2 Å². The molecule has 3 rings (SSSR count). The first kappa shape index (κ1) is 11.2. The van der Waals surface area contributed by atoms with Crippen LogP contribution in [0.15, 0.2) is 42.7 Å². The molecule has 0 aliphatic heterocycles. The number of aryl methyl sites for hydroxylation is 1. The van der Waals surface area contributed by atoms with E-state index in [0.717, 1.165) is 16.6 Å². The van der Waals surface area contributed by atoms with E-state index in [1.807, 2.05) is 37.5 Å². The minimum atomic E-state index is 0.608. The first-order valence-electron chi connectivity index (χ1n) is 5.82. The fraction of sp³-hybridized carbons (Fsp3) is 0.0714. The Kier molecular flexibility index (Phi) is 2.62. The van der Waals surface area contributed by atoms with Crippen molar-refractivity contribution in [2.45, 2.75) is 0 Å². The lowest BCUT2D eigenvalue weighted by molar-refractivity contribution is 0.768. The van der Waals surface area contributed by atoms with Crippen LogP contribution in [-0.2, 0) is 7.05 Å². The van der Waals surface area contributed by atoms with Crippen molar-refractivity contribution in [2.75, 3.05) is 5.32 Å². The standard InChI is InChI=1S/C14H11N5/c1-19-9-11(8-16-19)17-14-6-10(7-15)12-4-2-3-5-13(12)18-14/h2-6,8-9H,1H3,(H,17,18). The second-order valence-corrected chi connectivity index (χ2v) is 4.21. The normalized spacial score (nSPS) is 10.3. The molecule has 0 bridgehead atoms. The Bertz CT molecular complexity index is 782. The van der Waals surface area contributed by atoms with Crippen LogP contribution in [0.4, 0.5) is 11.5 Å². The Hall–Kier alpha value is -2.87. The number of rotatable bonds is 2. The average Bonchev–Trinajstić information content (AvgIpc) is 2.83. The number of para-hydroxylation sites is 1. The lowest BCUT2D eigenvalue weighted by Crippen LogP contribution is -1.95. The Morgan fingerprint density at radius 2 is 2.16 bits per heavy atom. The van der Waals surface area contributed by atoms with Crippen molar-refractivity contribution in [3.05, 3.63) is 48.3 Å². The van der Waals surface area contributed by atoms with Crippen LogP contribution in [0.1, 0.15) is 5.56 Å². The third-order valence-electron chi connectivity index (χ3n) is 2.81. The number of hydrogen-bond donors (Lipinski definition) is 1. The SMILES string of the molecule is Cn1cc(Nc2cc(C#N)c3ccccc3n2)cn1. The molecule has 0 atom stereocenters. The van der Waals surface area contributed by atoms with Crippen molar-refractivity contribution in [1.29, 1.82) is 5.26 Å². The summed E-state index contributed by atoms with van der Waals surface area (Å²) in [7, 11) is 1.85. The molecule has 1 N–H and O–H groups in total. The smallest absolute Gasteiger partial charge is 0.132 e. The number of nitrogens with one attached hydrogen (secondary N) is 1. The zero-order valence-electron chi connectivity index (χ0n) is 10.3. The lowest BCUT2D eigenvalue weighted by Gasteiger charge is -2.06. The molecule has 92 valence electrons. The van der Waals surface area contributed by atoms with E-state index in [0.29, 0.717) is 11.4 Å². The molecule has 0 radical (unpaired) electrons. The molecule has 5 nitrogen and oxygen atoms in total. The summed E-state index contributed by atoms with van der Waals surface area (Å²) >= 11 is 0. The summed E-state index contributed by atoms with van der Waals surface area (Å²) in [5.41, 5.74) is 2.25. The van der Waals surface area contributed by atoms with Gasteiger partial charge in [-0.3, -0.25) is 4.68 Å². The maximum Gasteiger partial charge on any atom is 0.132 e. The van der Waals surface area contributed by atoms with Gasteiger partial charge in [0, 0.05) is 18.6 Å². The number of hydrogen-bond acceptors (Lipinski definition) is 4. The van der Waals surface area contributed by atoms with Gasteiger partial charge in [0.2, 0.25) is 0 Å². The van der Waals surface area contributed by atoms with Gasteiger partial charge in [-0.25, -0.2) is 4.98 Å². The summed E-state index contributed by atoms with van der Waals surface area (Å²) in [5, 5.41) is 17.3. The highest BCUT2D eigenvalue weighted by Crippen LogP contribution is 2.22. The fourth-order valence-corrected chi connectivity index (χ4v) is 1.97. The number of pyridine rings is 1. The van der Waals surface area contributed by atoms with Crippen LogP contribution in [0.25, 0.3) is 10.9 Å². The molecule has 0 spiro atoms. The molecule has 2 aromatic heterocycles. The number of aromatic nitrogens is 3. The fourth-order valence-electron chi connectivity index (χ4n) is 1.97. The number of nitrogens with zero attached hydrogens (tertiary/aromatic N) is 4. The van der Waals surface area contributed by atoms with Crippen molar-refractivity contribution >= 4 is 22.4 Å². The molecule has 1 aromatic carbocycles. The first-order chi connectivity index (χ1) is 9.26. The number of fused-ring (bicyclic) bond motifs is 1. The van der Waals surface area contributed by atoms with Gasteiger partial charge >= 0.3 is 0 Å². The van der Waals surface area contributed by atoms with Crippen LogP contribution < -0.4 is 5.32 Å². The second-order valence-electron chi connectivity index (χ2n) is 4.21. The van der Waals surface area contributed by atoms with Crippen molar-refractivity contribution in [2.24, 2.45) is 7.05 Å². The highest BCUT2D eigenvalue weighted by Gasteiger charge is 2.05. The predicted octanol–water partition coefficient (Wildman–Crippen LogP) is 2.58. The van der Waals surface area contributed by atoms with Crippen molar-refractivity contribution in [3.8, 4) is 6.07 Å². The Morgan fingerprint density at radius 1 is 1.32 bits per heavy atom. The van der Waals surface area contributed by atoms with Crippen LogP contribution in [0.2, 0.25) is 0 Å². The molecule has 0 unspecified atom stereocenters. The molecule has 19 heavy (non-hydrogen) atoms. The third-order valence-corrected chi connectivity index (χ3v) is 2.81. The van der Waals surface area contributed by atoms with Gasteiger partial charge in [-0.05, 0) is 12.1 Å². The lowest BCUT2D eigenvalue weighted by atomic mass is 10.1. The van der Waals surface area contributed by atoms with Gasteiger partial charge in [0.05, 0.1) is 29.0 Å².